The van der Waals surface area contributed by atoms with Gasteiger partial charge in [0.05, 0.1) is 13.2 Å². The highest BCUT2D eigenvalue weighted by atomic mass is 19.1. The van der Waals surface area contributed by atoms with E-state index in [1.807, 2.05) is 0 Å². The summed E-state index contributed by atoms with van der Waals surface area (Å²) >= 11 is 0. The fourth-order valence-electron chi connectivity index (χ4n) is 3.66. The van der Waals surface area contributed by atoms with Crippen LogP contribution in [0.25, 0.3) is 5.57 Å². The van der Waals surface area contributed by atoms with E-state index in [4.69, 9.17) is 4.74 Å². The molecule has 3 aromatic rings. The van der Waals surface area contributed by atoms with E-state index in [0.717, 1.165) is 0 Å². The summed E-state index contributed by atoms with van der Waals surface area (Å²) in [5, 5.41) is 10.7. The Morgan fingerprint density at radius 1 is 0.900 bits per heavy atom. The summed E-state index contributed by atoms with van der Waals surface area (Å²) < 4.78 is 32.0. The fourth-order valence-corrected chi connectivity index (χ4v) is 3.66. The Labute approximate surface area is 172 Å². The first-order valence-corrected chi connectivity index (χ1v) is 9.36. The lowest BCUT2D eigenvalue weighted by Gasteiger charge is -2.27. The number of hydrogen-bond acceptors (Lipinski definition) is 3. The summed E-state index contributed by atoms with van der Waals surface area (Å²) in [5.41, 5.74) is 2.44. The lowest BCUT2D eigenvalue weighted by molar-refractivity contribution is -0.130. The Morgan fingerprint density at radius 2 is 1.47 bits per heavy atom. The molecular formula is C24H19F2NO3. The number of ether oxygens (including phenoxy) is 1. The molecule has 1 N–H and O–H groups in total. The fraction of sp³-hybridized carbons (Fsp3) is 0.125. The maximum Gasteiger partial charge on any atom is 0.290 e. The average molecular weight is 407 g/mol. The van der Waals surface area contributed by atoms with Crippen LogP contribution in [0.1, 0.15) is 22.7 Å². The van der Waals surface area contributed by atoms with Crippen LogP contribution in [0.15, 0.2) is 78.6 Å². The van der Waals surface area contributed by atoms with Gasteiger partial charge in [0.2, 0.25) is 0 Å². The van der Waals surface area contributed by atoms with Crippen molar-refractivity contribution in [2.24, 2.45) is 0 Å². The van der Waals surface area contributed by atoms with Gasteiger partial charge in [0.25, 0.3) is 5.91 Å². The molecule has 4 nitrogen and oxygen atoms in total. The predicted octanol–water partition coefficient (Wildman–Crippen LogP) is 5.03. The number of nitrogens with zero attached hydrogens (tertiary/aromatic N) is 1. The Hall–Kier alpha value is -3.67. The van der Waals surface area contributed by atoms with E-state index in [2.05, 4.69) is 0 Å². The molecule has 1 amide bonds. The molecule has 4 rings (SSSR count). The Morgan fingerprint density at radius 3 is 2.03 bits per heavy atom. The van der Waals surface area contributed by atoms with Crippen LogP contribution in [0.2, 0.25) is 0 Å². The van der Waals surface area contributed by atoms with Gasteiger partial charge < -0.3 is 14.7 Å². The molecule has 3 aromatic carbocycles. The second-order valence-corrected chi connectivity index (χ2v) is 7.00. The van der Waals surface area contributed by atoms with Crippen LogP contribution in [0.5, 0.6) is 5.75 Å². The molecule has 152 valence electrons. The zero-order valence-electron chi connectivity index (χ0n) is 16.2. The molecule has 1 atom stereocenters. The zero-order chi connectivity index (χ0) is 21.3. The normalized spacial score (nSPS) is 16.3. The number of halogens is 2. The minimum atomic E-state index is -0.628. The first-order chi connectivity index (χ1) is 14.5. The lowest BCUT2D eigenvalue weighted by atomic mass is 9.93. The third-order valence-corrected chi connectivity index (χ3v) is 5.16. The van der Waals surface area contributed by atoms with Crippen molar-refractivity contribution in [2.75, 3.05) is 7.11 Å². The third kappa shape index (κ3) is 3.64. The van der Waals surface area contributed by atoms with Crippen molar-refractivity contribution < 1.29 is 23.4 Å². The number of hydrogen-bond donors (Lipinski definition) is 1. The van der Waals surface area contributed by atoms with E-state index < -0.39 is 17.8 Å². The SMILES string of the molecule is COc1ccc(C2=C(O)C(=O)N(Cc3ccc(F)cc3)C2c2ccc(F)cc2)cc1. The maximum absolute atomic E-state index is 13.5. The maximum atomic E-state index is 13.5. The van der Waals surface area contributed by atoms with Crippen LogP contribution >= 0.6 is 0 Å². The van der Waals surface area contributed by atoms with E-state index in [0.29, 0.717) is 28.0 Å². The van der Waals surface area contributed by atoms with Crippen LogP contribution in [-0.4, -0.2) is 23.0 Å². The smallest absolute Gasteiger partial charge is 0.290 e. The molecule has 0 fully saturated rings. The number of benzene rings is 3. The molecule has 1 heterocycles. The lowest BCUT2D eigenvalue weighted by Crippen LogP contribution is -2.29. The van der Waals surface area contributed by atoms with Gasteiger partial charge in [-0.15, -0.1) is 0 Å². The second kappa shape index (κ2) is 7.99. The van der Waals surface area contributed by atoms with Crippen molar-refractivity contribution >= 4 is 11.5 Å². The molecule has 1 unspecified atom stereocenters. The van der Waals surface area contributed by atoms with Crippen molar-refractivity contribution in [3.63, 3.8) is 0 Å². The zero-order valence-corrected chi connectivity index (χ0v) is 16.2. The summed E-state index contributed by atoms with van der Waals surface area (Å²) in [6.07, 6.45) is 0. The van der Waals surface area contributed by atoms with Gasteiger partial charge in [0.15, 0.2) is 5.76 Å². The van der Waals surface area contributed by atoms with Crippen LogP contribution in [0.4, 0.5) is 8.78 Å². The van der Waals surface area contributed by atoms with Gasteiger partial charge in [-0.25, -0.2) is 8.78 Å². The van der Waals surface area contributed by atoms with Gasteiger partial charge in [0, 0.05) is 12.1 Å². The molecule has 6 heteroatoms. The van der Waals surface area contributed by atoms with E-state index in [9.17, 15) is 18.7 Å². The summed E-state index contributed by atoms with van der Waals surface area (Å²) in [6, 6.07) is 18.0. The van der Waals surface area contributed by atoms with Crippen molar-refractivity contribution in [2.45, 2.75) is 12.6 Å². The molecule has 1 aliphatic heterocycles. The molecule has 0 aliphatic carbocycles. The number of aliphatic hydroxyl groups is 1. The highest BCUT2D eigenvalue weighted by Gasteiger charge is 2.41. The number of carbonyl (C=O) groups excluding carboxylic acids is 1. The molecule has 0 saturated carbocycles. The van der Waals surface area contributed by atoms with Crippen LogP contribution in [-0.2, 0) is 11.3 Å². The molecule has 0 spiro atoms. The Kier molecular flexibility index (Phi) is 5.23. The molecule has 0 radical (unpaired) electrons. The number of amides is 1. The van der Waals surface area contributed by atoms with Gasteiger partial charge >= 0.3 is 0 Å². The van der Waals surface area contributed by atoms with Crippen molar-refractivity contribution in [3.8, 4) is 5.75 Å². The first kappa shape index (κ1) is 19.6. The Balaban J connectivity index is 1.79. The van der Waals surface area contributed by atoms with Crippen molar-refractivity contribution in [1.82, 2.24) is 4.90 Å². The van der Waals surface area contributed by atoms with Gasteiger partial charge in [-0.1, -0.05) is 36.4 Å². The molecular weight excluding hydrogens is 388 g/mol. The minimum Gasteiger partial charge on any atom is -0.503 e. The summed E-state index contributed by atoms with van der Waals surface area (Å²) in [7, 11) is 1.55. The number of rotatable bonds is 5. The quantitative estimate of drug-likeness (QED) is 0.646. The van der Waals surface area contributed by atoms with E-state index in [-0.39, 0.29) is 18.1 Å². The van der Waals surface area contributed by atoms with E-state index >= 15 is 0 Å². The third-order valence-electron chi connectivity index (χ3n) is 5.16. The Bertz CT molecular complexity index is 1090. The molecule has 0 bridgehead atoms. The molecule has 1 aliphatic rings. The van der Waals surface area contributed by atoms with Gasteiger partial charge in [-0.3, -0.25) is 4.79 Å². The summed E-state index contributed by atoms with van der Waals surface area (Å²) in [6.45, 7) is 0.158. The number of carbonyl (C=O) groups is 1. The van der Waals surface area contributed by atoms with E-state index in [1.54, 1.807) is 55.6 Å². The average Bonchev–Trinajstić information content (AvgIpc) is 3.01. The van der Waals surface area contributed by atoms with Gasteiger partial charge in [-0.2, -0.15) is 0 Å². The monoisotopic (exact) mass is 407 g/mol. The van der Waals surface area contributed by atoms with Crippen molar-refractivity contribution in [3.05, 3.63) is 107 Å². The summed E-state index contributed by atoms with van der Waals surface area (Å²) in [4.78, 5) is 14.5. The second-order valence-electron chi connectivity index (χ2n) is 7.00. The first-order valence-electron chi connectivity index (χ1n) is 9.36. The summed E-state index contributed by atoms with van der Waals surface area (Å²) in [5.74, 6) is -1.03. The molecule has 0 aromatic heterocycles. The molecule has 30 heavy (non-hydrogen) atoms. The minimum absolute atomic E-state index is 0.158. The predicted molar refractivity (Wildman–Crippen MR) is 109 cm³/mol. The highest BCUT2D eigenvalue weighted by molar-refractivity contribution is 6.05. The van der Waals surface area contributed by atoms with Crippen LogP contribution in [0.3, 0.4) is 0 Å². The van der Waals surface area contributed by atoms with Gasteiger partial charge in [-0.05, 0) is 53.1 Å². The number of aliphatic hydroxyl groups excluding tert-OH is 1. The molecule has 0 saturated heterocycles. The standard InChI is InChI=1S/C24H19F2NO3/c1-30-20-12-6-16(7-13-20)21-22(17-4-10-19(26)11-5-17)27(24(29)23(21)28)14-15-2-8-18(25)9-3-15/h2-13,22,28H,14H2,1H3. The number of methoxy groups -OCH3 is 1. The van der Waals surface area contributed by atoms with E-state index in [1.165, 1.54) is 29.2 Å². The van der Waals surface area contributed by atoms with Crippen molar-refractivity contribution in [1.29, 1.82) is 0 Å². The highest BCUT2D eigenvalue weighted by Crippen LogP contribution is 2.44. The van der Waals surface area contributed by atoms with Crippen LogP contribution < -0.4 is 4.74 Å². The van der Waals surface area contributed by atoms with Gasteiger partial charge in [0.1, 0.15) is 17.4 Å². The topological polar surface area (TPSA) is 49.8 Å². The largest absolute Gasteiger partial charge is 0.503 e. The van der Waals surface area contributed by atoms with Crippen LogP contribution in [0, 0.1) is 11.6 Å².